The summed E-state index contributed by atoms with van der Waals surface area (Å²) in [6, 6.07) is 4.89. The molecule has 5 nitrogen and oxygen atoms in total. The van der Waals surface area contributed by atoms with E-state index in [1.165, 1.54) is 6.07 Å². The van der Waals surface area contributed by atoms with Gasteiger partial charge in [-0.3, -0.25) is 4.79 Å². The number of hydrogen-bond donors (Lipinski definition) is 0. The third-order valence-electron chi connectivity index (χ3n) is 5.75. The number of likely N-dealkylation sites (tertiary alicyclic amines) is 1. The molecule has 154 valence electrons. The normalized spacial score (nSPS) is 20.8. The lowest BCUT2D eigenvalue weighted by Gasteiger charge is -2.40. The van der Waals surface area contributed by atoms with Crippen LogP contribution in [-0.4, -0.2) is 42.3 Å². The zero-order chi connectivity index (χ0) is 20.5. The molecular formula is C22H30FNO4. The van der Waals surface area contributed by atoms with Gasteiger partial charge in [-0.1, -0.05) is 6.07 Å². The van der Waals surface area contributed by atoms with Crippen molar-refractivity contribution >= 4 is 12.1 Å². The predicted molar refractivity (Wildman–Crippen MR) is 104 cm³/mol. The molecule has 0 unspecified atom stereocenters. The number of halogens is 1. The van der Waals surface area contributed by atoms with Crippen molar-refractivity contribution in [1.29, 1.82) is 0 Å². The number of benzene rings is 1. The van der Waals surface area contributed by atoms with Crippen molar-refractivity contribution in [2.45, 2.75) is 70.3 Å². The fourth-order valence-corrected chi connectivity index (χ4v) is 4.56. The van der Waals surface area contributed by atoms with Crippen LogP contribution in [0.4, 0.5) is 9.18 Å². The molecule has 1 aromatic rings. The second-order valence-corrected chi connectivity index (χ2v) is 8.89. The highest BCUT2D eigenvalue weighted by molar-refractivity contribution is 5.71. The number of hydrogen-bond acceptors (Lipinski definition) is 4. The molecule has 1 spiro atoms. The zero-order valence-corrected chi connectivity index (χ0v) is 17.2. The van der Waals surface area contributed by atoms with Crippen molar-refractivity contribution in [3.63, 3.8) is 0 Å². The number of nitrogens with zero attached hydrogens (tertiary/aromatic N) is 1. The molecule has 1 saturated heterocycles. The predicted octanol–water partition coefficient (Wildman–Crippen LogP) is 4.53. The first-order valence-corrected chi connectivity index (χ1v) is 10.1. The summed E-state index contributed by atoms with van der Waals surface area (Å²) in [5, 5.41) is 0. The fourth-order valence-electron chi connectivity index (χ4n) is 4.56. The number of carbonyl (C=O) groups is 2. The van der Waals surface area contributed by atoms with Crippen LogP contribution in [0.1, 0.15) is 70.4 Å². The fraction of sp³-hybridized carbons (Fsp3) is 0.636. The van der Waals surface area contributed by atoms with Crippen LogP contribution in [0.3, 0.4) is 0 Å². The Balaban J connectivity index is 1.77. The van der Waals surface area contributed by atoms with E-state index in [0.29, 0.717) is 26.1 Å². The Morgan fingerprint density at radius 2 is 1.93 bits per heavy atom. The summed E-state index contributed by atoms with van der Waals surface area (Å²) in [7, 11) is 0. The molecule has 0 saturated carbocycles. The number of esters is 1. The number of carbonyl (C=O) groups excluding carboxylic acids is 2. The van der Waals surface area contributed by atoms with Gasteiger partial charge in [0.1, 0.15) is 11.4 Å². The molecule has 6 heteroatoms. The van der Waals surface area contributed by atoms with E-state index in [1.807, 2.05) is 26.8 Å². The lowest BCUT2D eigenvalue weighted by Crippen LogP contribution is -2.46. The lowest BCUT2D eigenvalue weighted by molar-refractivity contribution is -0.143. The van der Waals surface area contributed by atoms with Gasteiger partial charge in [0.15, 0.2) is 0 Å². The number of ether oxygens (including phenoxy) is 2. The van der Waals surface area contributed by atoms with Crippen LogP contribution in [-0.2, 0) is 19.7 Å². The smallest absolute Gasteiger partial charge is 0.410 e. The molecular weight excluding hydrogens is 361 g/mol. The molecule has 1 amide bonds. The maximum atomic E-state index is 14.0. The van der Waals surface area contributed by atoms with Gasteiger partial charge in [0.2, 0.25) is 0 Å². The van der Waals surface area contributed by atoms with Gasteiger partial charge in [0, 0.05) is 13.1 Å². The highest BCUT2D eigenvalue weighted by Gasteiger charge is 2.47. The summed E-state index contributed by atoms with van der Waals surface area (Å²) in [6.07, 6.45) is 2.27. The molecule has 0 bridgehead atoms. The second kappa shape index (κ2) is 7.72. The first-order valence-electron chi connectivity index (χ1n) is 10.1. The Morgan fingerprint density at radius 3 is 2.54 bits per heavy atom. The molecule has 1 aromatic carbocycles. The summed E-state index contributed by atoms with van der Waals surface area (Å²) >= 11 is 0. The molecule has 1 heterocycles. The standard InChI is InChI=1S/C22H30FNO4/c1-5-27-19(25)12-15-14-22(18-13-16(23)6-7-17(15)18)8-10-24(11-9-22)20(26)28-21(2,3)4/h6-7,13,15H,5,8-12,14H2,1-4H3/t15-/m1/s1. The number of rotatable bonds is 3. The number of piperidine rings is 1. The van der Waals surface area contributed by atoms with Crippen LogP contribution in [0.5, 0.6) is 0 Å². The van der Waals surface area contributed by atoms with Gasteiger partial charge in [-0.25, -0.2) is 9.18 Å². The number of fused-ring (bicyclic) bond motifs is 2. The molecule has 0 aromatic heterocycles. The van der Waals surface area contributed by atoms with E-state index in [9.17, 15) is 14.0 Å². The van der Waals surface area contributed by atoms with Gasteiger partial charge in [-0.15, -0.1) is 0 Å². The Morgan fingerprint density at radius 1 is 1.25 bits per heavy atom. The third-order valence-corrected chi connectivity index (χ3v) is 5.75. The van der Waals surface area contributed by atoms with Crippen molar-refractivity contribution in [1.82, 2.24) is 4.90 Å². The van der Waals surface area contributed by atoms with Crippen LogP contribution in [0.15, 0.2) is 18.2 Å². The maximum absolute atomic E-state index is 14.0. The van der Waals surface area contributed by atoms with Gasteiger partial charge in [-0.05, 0) is 81.5 Å². The molecule has 1 fully saturated rings. The molecule has 3 rings (SSSR count). The van der Waals surface area contributed by atoms with Crippen LogP contribution >= 0.6 is 0 Å². The second-order valence-electron chi connectivity index (χ2n) is 8.89. The average molecular weight is 391 g/mol. The Kier molecular flexibility index (Phi) is 5.69. The van der Waals surface area contributed by atoms with Crippen LogP contribution in [0.2, 0.25) is 0 Å². The van der Waals surface area contributed by atoms with Crippen molar-refractivity contribution in [3.8, 4) is 0 Å². The van der Waals surface area contributed by atoms with Gasteiger partial charge in [0.05, 0.1) is 13.0 Å². The summed E-state index contributed by atoms with van der Waals surface area (Å²) in [5.74, 6) is -0.446. The van der Waals surface area contributed by atoms with Crippen molar-refractivity contribution in [2.24, 2.45) is 0 Å². The summed E-state index contributed by atoms with van der Waals surface area (Å²) in [6.45, 7) is 8.85. The third kappa shape index (κ3) is 4.31. The molecule has 28 heavy (non-hydrogen) atoms. The van der Waals surface area contributed by atoms with Crippen LogP contribution in [0, 0.1) is 5.82 Å². The Labute approximate surface area is 166 Å². The van der Waals surface area contributed by atoms with Gasteiger partial charge < -0.3 is 14.4 Å². The van der Waals surface area contributed by atoms with Crippen LogP contribution < -0.4 is 0 Å². The van der Waals surface area contributed by atoms with E-state index in [0.717, 1.165) is 30.4 Å². The van der Waals surface area contributed by atoms with Crippen molar-refractivity contribution in [2.75, 3.05) is 19.7 Å². The minimum Gasteiger partial charge on any atom is -0.466 e. The highest BCUT2D eigenvalue weighted by Crippen LogP contribution is 2.53. The largest absolute Gasteiger partial charge is 0.466 e. The van der Waals surface area contributed by atoms with Crippen molar-refractivity contribution in [3.05, 3.63) is 35.1 Å². The SMILES string of the molecule is CCOC(=O)C[C@@H]1CC2(CCN(C(=O)OC(C)(C)C)CC2)c2cc(F)ccc21. The molecule has 0 radical (unpaired) electrons. The summed E-state index contributed by atoms with van der Waals surface area (Å²) in [5.41, 5.74) is 1.30. The Bertz CT molecular complexity index is 747. The van der Waals surface area contributed by atoms with Gasteiger partial charge in [0.25, 0.3) is 0 Å². The minimum absolute atomic E-state index is 0.0303. The van der Waals surface area contributed by atoms with Crippen molar-refractivity contribution < 1.29 is 23.5 Å². The number of amides is 1. The average Bonchev–Trinajstić information content (AvgIpc) is 2.87. The van der Waals surface area contributed by atoms with E-state index < -0.39 is 5.60 Å². The monoisotopic (exact) mass is 391 g/mol. The maximum Gasteiger partial charge on any atom is 0.410 e. The van der Waals surface area contributed by atoms with E-state index >= 15 is 0 Å². The molecule has 0 N–H and O–H groups in total. The molecule has 1 aliphatic heterocycles. The highest BCUT2D eigenvalue weighted by atomic mass is 19.1. The lowest BCUT2D eigenvalue weighted by atomic mass is 9.73. The first-order chi connectivity index (χ1) is 13.1. The summed E-state index contributed by atoms with van der Waals surface area (Å²) in [4.78, 5) is 26.2. The summed E-state index contributed by atoms with van der Waals surface area (Å²) < 4.78 is 24.6. The van der Waals surface area contributed by atoms with Crippen LogP contribution in [0.25, 0.3) is 0 Å². The first kappa shape index (κ1) is 20.6. The van der Waals surface area contributed by atoms with E-state index in [2.05, 4.69) is 0 Å². The van der Waals surface area contributed by atoms with E-state index in [-0.39, 0.29) is 29.2 Å². The van der Waals surface area contributed by atoms with Gasteiger partial charge >= 0.3 is 12.1 Å². The van der Waals surface area contributed by atoms with E-state index in [4.69, 9.17) is 9.47 Å². The van der Waals surface area contributed by atoms with Gasteiger partial charge in [-0.2, -0.15) is 0 Å². The topological polar surface area (TPSA) is 55.8 Å². The minimum atomic E-state index is -0.528. The Hall–Kier alpha value is -2.11. The molecule has 1 aliphatic carbocycles. The molecule has 1 atom stereocenters. The quantitative estimate of drug-likeness (QED) is 0.710. The molecule has 2 aliphatic rings. The zero-order valence-electron chi connectivity index (χ0n) is 17.2. The van der Waals surface area contributed by atoms with E-state index in [1.54, 1.807) is 17.9 Å².